The summed E-state index contributed by atoms with van der Waals surface area (Å²) in [6.07, 6.45) is 2.67. The summed E-state index contributed by atoms with van der Waals surface area (Å²) in [5.41, 5.74) is 1.91. The second-order valence-corrected chi connectivity index (χ2v) is 9.90. The zero-order chi connectivity index (χ0) is 25.1. The zero-order valence-corrected chi connectivity index (χ0v) is 21.4. The lowest BCUT2D eigenvalue weighted by Gasteiger charge is -2.38. The highest BCUT2D eigenvalue weighted by atomic mass is 35.5. The number of halogens is 1. The van der Waals surface area contributed by atoms with E-state index in [1.54, 1.807) is 20.4 Å². The van der Waals surface area contributed by atoms with E-state index >= 15 is 0 Å². The number of aromatic nitrogens is 1. The number of aliphatic carboxylic acids is 1. The quantitative estimate of drug-likeness (QED) is 0.569. The van der Waals surface area contributed by atoms with E-state index in [1.807, 2.05) is 30.3 Å². The van der Waals surface area contributed by atoms with Gasteiger partial charge >= 0.3 is 5.97 Å². The van der Waals surface area contributed by atoms with E-state index in [0.29, 0.717) is 23.4 Å². The Labute approximate surface area is 211 Å². The largest absolute Gasteiger partial charge is 0.490 e. The van der Waals surface area contributed by atoms with Crippen LogP contribution in [0.3, 0.4) is 0 Å². The van der Waals surface area contributed by atoms with Gasteiger partial charge in [0.1, 0.15) is 11.9 Å². The lowest BCUT2D eigenvalue weighted by atomic mass is 9.96. The number of carboxylic acid groups (broad SMARTS) is 1. The van der Waals surface area contributed by atoms with Gasteiger partial charge in [0.05, 0.1) is 36.5 Å². The summed E-state index contributed by atoms with van der Waals surface area (Å²) in [4.78, 5) is 20.0. The van der Waals surface area contributed by atoms with Gasteiger partial charge in [-0.1, -0.05) is 25.4 Å². The van der Waals surface area contributed by atoms with Crippen LogP contribution in [0.2, 0.25) is 5.02 Å². The Balaban J connectivity index is 1.40. The van der Waals surface area contributed by atoms with E-state index in [2.05, 4.69) is 28.6 Å². The van der Waals surface area contributed by atoms with Crippen LogP contribution < -0.4 is 19.3 Å². The number of methoxy groups -OCH3 is 2. The monoisotopic (exact) mass is 503 g/mol. The Bertz CT molecular complexity index is 1020. The van der Waals surface area contributed by atoms with Crippen molar-refractivity contribution in [1.29, 1.82) is 0 Å². The second kappa shape index (κ2) is 10.9. The first-order chi connectivity index (χ1) is 16.8. The fourth-order valence-electron chi connectivity index (χ4n) is 5.26. The number of anilines is 2. The molecule has 2 aromatic rings. The third-order valence-corrected chi connectivity index (χ3v) is 7.59. The number of ether oxygens (including phenoxy) is 3. The molecule has 0 spiro atoms. The molecule has 2 aliphatic rings. The van der Waals surface area contributed by atoms with Gasteiger partial charge in [-0.15, -0.1) is 0 Å². The maximum atomic E-state index is 11.4. The first-order valence-corrected chi connectivity index (χ1v) is 12.4. The molecule has 2 unspecified atom stereocenters. The Morgan fingerprint density at radius 1 is 1.17 bits per heavy atom. The molecule has 2 aliphatic heterocycles. The van der Waals surface area contributed by atoms with Crippen molar-refractivity contribution in [1.82, 2.24) is 4.98 Å². The summed E-state index contributed by atoms with van der Waals surface area (Å²) in [7, 11) is 3.28. The normalized spacial score (nSPS) is 26.6. The fraction of sp³-hybridized carbons (Fsp3) is 0.538. The Morgan fingerprint density at radius 3 is 2.54 bits per heavy atom. The van der Waals surface area contributed by atoms with Crippen molar-refractivity contribution in [2.45, 2.75) is 44.9 Å². The number of carboxylic acids is 1. The molecule has 2 saturated heterocycles. The van der Waals surface area contributed by atoms with Gasteiger partial charge in [0.2, 0.25) is 5.88 Å². The van der Waals surface area contributed by atoms with Crippen molar-refractivity contribution < 1.29 is 24.1 Å². The van der Waals surface area contributed by atoms with Crippen LogP contribution in [0.15, 0.2) is 36.5 Å². The third-order valence-electron chi connectivity index (χ3n) is 7.30. The average molecular weight is 504 g/mol. The first kappa shape index (κ1) is 25.4. The molecule has 1 N–H and O–H groups in total. The number of hydrogen-bond donors (Lipinski definition) is 1. The molecule has 4 rings (SSSR count). The SMILES string of the molecule is COc1cc(N2CCC(Oc3ccc(N4C[C@H](OC)[C@@H](C)[C@@H]4CC(=O)O)cc3)C(C)C2)c(Cl)cn1. The molecule has 0 saturated carbocycles. The van der Waals surface area contributed by atoms with Crippen molar-refractivity contribution >= 4 is 28.9 Å². The van der Waals surface area contributed by atoms with Crippen LogP contribution in [0.25, 0.3) is 0 Å². The summed E-state index contributed by atoms with van der Waals surface area (Å²) in [5, 5.41) is 10.0. The number of nitrogens with zero attached hydrogens (tertiary/aromatic N) is 3. The Hall–Kier alpha value is -2.71. The zero-order valence-electron chi connectivity index (χ0n) is 20.7. The highest BCUT2D eigenvalue weighted by molar-refractivity contribution is 6.33. The topological polar surface area (TPSA) is 84.4 Å². The molecule has 1 aromatic heterocycles. The van der Waals surface area contributed by atoms with Crippen molar-refractivity contribution in [3.05, 3.63) is 41.6 Å². The summed E-state index contributed by atoms with van der Waals surface area (Å²) in [6, 6.07) is 9.74. The molecule has 0 bridgehead atoms. The van der Waals surface area contributed by atoms with Gasteiger partial charge in [0.15, 0.2) is 0 Å². The highest BCUT2D eigenvalue weighted by Crippen LogP contribution is 2.35. The van der Waals surface area contributed by atoms with Gasteiger partial charge in [0.25, 0.3) is 0 Å². The van der Waals surface area contributed by atoms with Crippen LogP contribution in [0, 0.1) is 11.8 Å². The minimum absolute atomic E-state index is 0.00942. The summed E-state index contributed by atoms with van der Waals surface area (Å²) in [6.45, 7) is 6.55. The van der Waals surface area contributed by atoms with Gasteiger partial charge in [0, 0.05) is 62.8 Å². The standard InChI is InChI=1S/C26H34ClN3O5/c1-16-14-29(22-11-25(34-4)28-13-20(22)27)10-9-23(16)35-19-7-5-18(6-8-19)30-15-24(33-3)17(2)21(30)12-26(31)32/h5-8,11,13,16-17,21,23-24H,9-10,12,14-15H2,1-4H3,(H,31,32)/t16?,17-,21-,23?,24-/m0/s1. The predicted molar refractivity (Wildman–Crippen MR) is 136 cm³/mol. The smallest absolute Gasteiger partial charge is 0.305 e. The molecule has 1 aromatic carbocycles. The molecule has 0 radical (unpaired) electrons. The molecule has 0 amide bonds. The van der Waals surface area contributed by atoms with E-state index in [1.165, 1.54) is 0 Å². The van der Waals surface area contributed by atoms with E-state index in [0.717, 1.165) is 36.6 Å². The van der Waals surface area contributed by atoms with Crippen LogP contribution in [0.1, 0.15) is 26.7 Å². The number of hydrogen-bond acceptors (Lipinski definition) is 7. The Kier molecular flexibility index (Phi) is 7.91. The molecule has 35 heavy (non-hydrogen) atoms. The Morgan fingerprint density at radius 2 is 1.91 bits per heavy atom. The maximum Gasteiger partial charge on any atom is 0.305 e. The van der Waals surface area contributed by atoms with Gasteiger partial charge in [-0.25, -0.2) is 4.98 Å². The number of carbonyl (C=O) groups is 1. The third kappa shape index (κ3) is 5.59. The first-order valence-electron chi connectivity index (χ1n) is 12.0. The lowest BCUT2D eigenvalue weighted by Crippen LogP contribution is -2.44. The molecular formula is C26H34ClN3O5. The molecule has 5 atom stereocenters. The van der Waals surface area contributed by atoms with Crippen LogP contribution in [0.5, 0.6) is 11.6 Å². The predicted octanol–water partition coefficient (Wildman–Crippen LogP) is 4.35. The minimum atomic E-state index is -0.796. The molecule has 190 valence electrons. The lowest BCUT2D eigenvalue weighted by molar-refractivity contribution is -0.137. The van der Waals surface area contributed by atoms with E-state index in [4.69, 9.17) is 25.8 Å². The van der Waals surface area contributed by atoms with Crippen molar-refractivity contribution in [3.63, 3.8) is 0 Å². The van der Waals surface area contributed by atoms with Crippen molar-refractivity contribution in [2.24, 2.45) is 11.8 Å². The van der Waals surface area contributed by atoms with Crippen LogP contribution in [-0.4, -0.2) is 68.2 Å². The highest BCUT2D eigenvalue weighted by Gasteiger charge is 2.40. The number of pyridine rings is 1. The molecule has 3 heterocycles. The van der Waals surface area contributed by atoms with Crippen LogP contribution >= 0.6 is 11.6 Å². The molecule has 8 nitrogen and oxygen atoms in total. The van der Waals surface area contributed by atoms with Crippen molar-refractivity contribution in [3.8, 4) is 11.6 Å². The fourth-order valence-corrected chi connectivity index (χ4v) is 5.48. The summed E-state index contributed by atoms with van der Waals surface area (Å²) < 4.78 is 17.2. The van der Waals surface area contributed by atoms with Gasteiger partial charge in [-0.2, -0.15) is 0 Å². The van der Waals surface area contributed by atoms with E-state index in [-0.39, 0.29) is 30.6 Å². The second-order valence-electron chi connectivity index (χ2n) is 9.49. The van der Waals surface area contributed by atoms with E-state index in [9.17, 15) is 9.90 Å². The van der Waals surface area contributed by atoms with Crippen molar-refractivity contribution in [2.75, 3.05) is 43.7 Å². The number of rotatable bonds is 8. The number of benzene rings is 1. The summed E-state index contributed by atoms with van der Waals surface area (Å²) in [5.74, 6) is 0.987. The van der Waals surface area contributed by atoms with Crippen LogP contribution in [0.4, 0.5) is 11.4 Å². The minimum Gasteiger partial charge on any atom is -0.490 e. The van der Waals surface area contributed by atoms with E-state index < -0.39 is 5.97 Å². The van der Waals surface area contributed by atoms with Gasteiger partial charge in [-0.3, -0.25) is 4.79 Å². The molecule has 0 aliphatic carbocycles. The maximum absolute atomic E-state index is 11.4. The molecule has 2 fully saturated rings. The van der Waals surface area contributed by atoms with Gasteiger partial charge in [-0.05, 0) is 24.3 Å². The average Bonchev–Trinajstić information content (AvgIpc) is 3.16. The molecule has 9 heteroatoms. The van der Waals surface area contributed by atoms with Gasteiger partial charge < -0.3 is 29.1 Å². The molecular weight excluding hydrogens is 470 g/mol. The number of piperidine rings is 1. The summed E-state index contributed by atoms with van der Waals surface area (Å²) >= 11 is 6.40. The van der Waals surface area contributed by atoms with Crippen LogP contribution in [-0.2, 0) is 9.53 Å².